The van der Waals surface area contributed by atoms with Crippen LogP contribution in [0.4, 0.5) is 0 Å². The van der Waals surface area contributed by atoms with Crippen LogP contribution in [0.1, 0.15) is 11.1 Å². The molecule has 0 aromatic heterocycles. The van der Waals surface area contributed by atoms with Crippen LogP contribution in [-0.2, 0) is 23.2 Å². The van der Waals surface area contributed by atoms with Crippen molar-refractivity contribution in [3.05, 3.63) is 35.4 Å². The lowest BCUT2D eigenvalue weighted by molar-refractivity contribution is 0.281. The third-order valence-corrected chi connectivity index (χ3v) is 2.84. The van der Waals surface area contributed by atoms with Gasteiger partial charge >= 0.3 is 0 Å². The molecule has 0 unspecified atom stereocenters. The molecule has 1 rings (SSSR count). The van der Waals surface area contributed by atoms with Gasteiger partial charge in [0.25, 0.3) is 0 Å². The van der Waals surface area contributed by atoms with Crippen molar-refractivity contribution in [2.24, 2.45) is 5.14 Å². The second-order valence-electron chi connectivity index (χ2n) is 3.52. The molecule has 0 atom stereocenters. The topological polar surface area (TPSA) is 92.4 Å². The first-order valence-corrected chi connectivity index (χ1v) is 6.62. The van der Waals surface area contributed by atoms with Crippen molar-refractivity contribution in [3.8, 4) is 0 Å². The Bertz CT molecular complexity index is 431. The molecule has 1 aromatic rings. The molecule has 5 nitrogen and oxygen atoms in total. The average molecular weight is 244 g/mol. The third-order valence-electron chi connectivity index (χ3n) is 2.07. The Morgan fingerprint density at radius 3 is 2.62 bits per heavy atom. The van der Waals surface area contributed by atoms with Gasteiger partial charge in [0.05, 0.1) is 12.4 Å². The summed E-state index contributed by atoms with van der Waals surface area (Å²) >= 11 is 0. The van der Waals surface area contributed by atoms with Crippen LogP contribution >= 0.6 is 0 Å². The van der Waals surface area contributed by atoms with Gasteiger partial charge in [-0.3, -0.25) is 0 Å². The molecule has 0 radical (unpaired) electrons. The van der Waals surface area contributed by atoms with Gasteiger partial charge in [0.2, 0.25) is 10.0 Å². The maximum atomic E-state index is 10.6. The number of hydrogen-bond acceptors (Lipinski definition) is 4. The quantitative estimate of drug-likeness (QED) is 0.591. The number of nitrogens with one attached hydrogen (secondary N) is 1. The number of sulfonamides is 1. The first-order chi connectivity index (χ1) is 7.51. The Kier molecular flexibility index (Phi) is 4.88. The molecule has 0 saturated heterocycles. The molecular weight excluding hydrogens is 228 g/mol. The molecule has 0 saturated carbocycles. The van der Waals surface area contributed by atoms with Crippen molar-refractivity contribution in [2.45, 2.75) is 13.2 Å². The van der Waals surface area contributed by atoms with E-state index in [1.54, 1.807) is 0 Å². The number of primary sulfonamides is 1. The molecule has 90 valence electrons. The zero-order valence-electron chi connectivity index (χ0n) is 8.89. The number of rotatable bonds is 6. The van der Waals surface area contributed by atoms with Crippen molar-refractivity contribution < 1.29 is 13.5 Å². The summed E-state index contributed by atoms with van der Waals surface area (Å²) in [6.45, 7) is 0.885. The van der Waals surface area contributed by atoms with E-state index in [9.17, 15) is 8.42 Å². The summed E-state index contributed by atoms with van der Waals surface area (Å²) in [6.07, 6.45) is 0. The Hall–Kier alpha value is -0.950. The summed E-state index contributed by atoms with van der Waals surface area (Å²) in [6, 6.07) is 7.45. The fourth-order valence-electron chi connectivity index (χ4n) is 1.29. The van der Waals surface area contributed by atoms with Crippen molar-refractivity contribution in [3.63, 3.8) is 0 Å². The average Bonchev–Trinajstić information content (AvgIpc) is 2.23. The number of aliphatic hydroxyl groups excluding tert-OH is 1. The Morgan fingerprint density at radius 2 is 2.00 bits per heavy atom. The van der Waals surface area contributed by atoms with E-state index in [1.165, 1.54) is 0 Å². The SMILES string of the molecule is NS(=O)(=O)CCNCc1cccc(CO)c1. The minimum Gasteiger partial charge on any atom is -0.392 e. The number of hydrogen-bond donors (Lipinski definition) is 3. The zero-order chi connectivity index (χ0) is 12.0. The van der Waals surface area contributed by atoms with E-state index >= 15 is 0 Å². The first kappa shape index (κ1) is 13.1. The van der Waals surface area contributed by atoms with E-state index in [-0.39, 0.29) is 12.4 Å². The van der Waals surface area contributed by atoms with Crippen LogP contribution in [0.15, 0.2) is 24.3 Å². The smallest absolute Gasteiger partial charge is 0.210 e. The van der Waals surface area contributed by atoms with Gasteiger partial charge in [-0.05, 0) is 11.1 Å². The molecule has 0 bridgehead atoms. The molecule has 4 N–H and O–H groups in total. The summed E-state index contributed by atoms with van der Waals surface area (Å²) in [5, 5.41) is 16.8. The summed E-state index contributed by atoms with van der Waals surface area (Å²) in [4.78, 5) is 0. The molecule has 0 aliphatic heterocycles. The van der Waals surface area contributed by atoms with Gasteiger partial charge in [-0.25, -0.2) is 13.6 Å². The molecular formula is C10H16N2O3S. The van der Waals surface area contributed by atoms with Gasteiger partial charge in [-0.15, -0.1) is 0 Å². The molecule has 6 heteroatoms. The fraction of sp³-hybridized carbons (Fsp3) is 0.400. The lowest BCUT2D eigenvalue weighted by Crippen LogP contribution is -2.26. The highest BCUT2D eigenvalue weighted by atomic mass is 32.2. The fourth-order valence-corrected chi connectivity index (χ4v) is 1.71. The van der Waals surface area contributed by atoms with Crippen molar-refractivity contribution >= 4 is 10.0 Å². The van der Waals surface area contributed by atoms with Gasteiger partial charge in [0, 0.05) is 13.1 Å². The highest BCUT2D eigenvalue weighted by molar-refractivity contribution is 7.89. The third kappa shape index (κ3) is 5.22. The Labute approximate surface area is 95.3 Å². The lowest BCUT2D eigenvalue weighted by Gasteiger charge is -2.05. The van der Waals surface area contributed by atoms with Gasteiger partial charge < -0.3 is 10.4 Å². The maximum absolute atomic E-state index is 10.6. The summed E-state index contributed by atoms with van der Waals surface area (Å²) in [7, 11) is -3.39. The summed E-state index contributed by atoms with van der Waals surface area (Å²) in [5.74, 6) is -0.0767. The highest BCUT2D eigenvalue weighted by Crippen LogP contribution is 2.04. The van der Waals surface area contributed by atoms with E-state index in [4.69, 9.17) is 10.2 Å². The largest absolute Gasteiger partial charge is 0.392 e. The molecule has 0 fully saturated rings. The van der Waals surface area contributed by atoms with Crippen molar-refractivity contribution in [2.75, 3.05) is 12.3 Å². The Morgan fingerprint density at radius 1 is 1.31 bits per heavy atom. The number of nitrogens with two attached hydrogens (primary N) is 1. The van der Waals surface area contributed by atoms with Crippen LogP contribution in [0.5, 0.6) is 0 Å². The van der Waals surface area contributed by atoms with Gasteiger partial charge in [0.15, 0.2) is 0 Å². The number of aliphatic hydroxyl groups is 1. The highest BCUT2D eigenvalue weighted by Gasteiger charge is 2.01. The van der Waals surface area contributed by atoms with E-state index in [2.05, 4.69) is 5.32 Å². The predicted molar refractivity (Wildman–Crippen MR) is 62.0 cm³/mol. The first-order valence-electron chi connectivity index (χ1n) is 4.91. The Balaban J connectivity index is 2.37. The van der Waals surface area contributed by atoms with E-state index in [0.717, 1.165) is 11.1 Å². The second-order valence-corrected chi connectivity index (χ2v) is 5.26. The van der Waals surface area contributed by atoms with Gasteiger partial charge in [0.1, 0.15) is 0 Å². The van der Waals surface area contributed by atoms with Crippen molar-refractivity contribution in [1.29, 1.82) is 0 Å². The molecule has 16 heavy (non-hydrogen) atoms. The second kappa shape index (κ2) is 5.95. The summed E-state index contributed by atoms with van der Waals surface area (Å²) in [5.41, 5.74) is 1.84. The molecule has 0 spiro atoms. The van der Waals surface area contributed by atoms with E-state index < -0.39 is 10.0 Å². The van der Waals surface area contributed by atoms with Crippen LogP contribution in [0.2, 0.25) is 0 Å². The standard InChI is InChI=1S/C10H16N2O3S/c11-16(14,15)5-4-12-7-9-2-1-3-10(6-9)8-13/h1-3,6,12-13H,4-5,7-8H2,(H2,11,14,15). The molecule has 0 aliphatic carbocycles. The van der Waals surface area contributed by atoms with Crippen molar-refractivity contribution in [1.82, 2.24) is 5.32 Å². The molecule has 0 amide bonds. The lowest BCUT2D eigenvalue weighted by atomic mass is 10.1. The monoisotopic (exact) mass is 244 g/mol. The molecule has 1 aromatic carbocycles. The molecule has 0 aliphatic rings. The number of benzene rings is 1. The zero-order valence-corrected chi connectivity index (χ0v) is 9.70. The van der Waals surface area contributed by atoms with Gasteiger partial charge in [-0.1, -0.05) is 24.3 Å². The van der Waals surface area contributed by atoms with Gasteiger partial charge in [-0.2, -0.15) is 0 Å². The van der Waals surface area contributed by atoms with Crippen LogP contribution in [0.25, 0.3) is 0 Å². The maximum Gasteiger partial charge on any atom is 0.210 e. The summed E-state index contributed by atoms with van der Waals surface area (Å²) < 4.78 is 21.3. The minimum atomic E-state index is -3.39. The van der Waals surface area contributed by atoms with Crippen LogP contribution in [-0.4, -0.2) is 25.8 Å². The minimum absolute atomic E-state index is 0.00498. The van der Waals surface area contributed by atoms with Crippen LogP contribution in [0, 0.1) is 0 Å². The van der Waals surface area contributed by atoms with Crippen LogP contribution < -0.4 is 10.5 Å². The predicted octanol–water partition coefficient (Wildman–Crippen LogP) is -0.443. The van der Waals surface area contributed by atoms with E-state index in [1.807, 2.05) is 24.3 Å². The molecule has 0 heterocycles. The van der Waals surface area contributed by atoms with Crippen LogP contribution in [0.3, 0.4) is 0 Å². The van der Waals surface area contributed by atoms with E-state index in [0.29, 0.717) is 13.1 Å². The normalized spacial score (nSPS) is 11.6.